The van der Waals surface area contributed by atoms with Crippen LogP contribution in [0.3, 0.4) is 0 Å². The van der Waals surface area contributed by atoms with Crippen molar-refractivity contribution in [3.8, 4) is 0 Å². The molecule has 2 fully saturated rings. The molecule has 0 aliphatic carbocycles. The average Bonchev–Trinajstić information content (AvgIpc) is 3.23. The van der Waals surface area contributed by atoms with Gasteiger partial charge < -0.3 is 24.7 Å². The van der Waals surface area contributed by atoms with E-state index in [2.05, 4.69) is 44.2 Å². The highest BCUT2D eigenvalue weighted by Gasteiger charge is 2.45. The first-order valence-electron chi connectivity index (χ1n) is 11.2. The maximum Gasteiger partial charge on any atom is 0.410 e. The average molecular weight is 427 g/mol. The number of hydrogen-bond acceptors (Lipinski definition) is 4. The molecule has 2 saturated heterocycles. The van der Waals surface area contributed by atoms with Crippen LogP contribution in [0.25, 0.3) is 5.65 Å². The molecule has 0 spiro atoms. The molecular weight excluding hydrogens is 392 g/mol. The van der Waals surface area contributed by atoms with Crippen molar-refractivity contribution in [1.29, 1.82) is 0 Å². The molecule has 2 atom stereocenters. The number of fused-ring (bicyclic) bond motifs is 3. The maximum absolute atomic E-state index is 12.7. The Labute approximate surface area is 184 Å². The molecule has 4 rings (SSSR count). The Morgan fingerprint density at radius 2 is 1.97 bits per heavy atom. The van der Waals surface area contributed by atoms with E-state index >= 15 is 0 Å². The van der Waals surface area contributed by atoms with Gasteiger partial charge in [0, 0.05) is 37.1 Å². The van der Waals surface area contributed by atoms with Crippen LogP contribution in [0.1, 0.15) is 57.8 Å². The summed E-state index contributed by atoms with van der Waals surface area (Å²) < 4.78 is 7.73. The largest absolute Gasteiger partial charge is 0.444 e. The summed E-state index contributed by atoms with van der Waals surface area (Å²) in [5.74, 6) is 0.767. The Morgan fingerprint density at radius 1 is 1.26 bits per heavy atom. The molecule has 2 aromatic rings. The van der Waals surface area contributed by atoms with E-state index in [-0.39, 0.29) is 24.2 Å². The van der Waals surface area contributed by atoms with Crippen LogP contribution < -0.4 is 10.6 Å². The zero-order valence-electron chi connectivity index (χ0n) is 19.2. The smallest absolute Gasteiger partial charge is 0.410 e. The molecule has 2 aliphatic rings. The lowest BCUT2D eigenvalue weighted by Gasteiger charge is -2.40. The van der Waals surface area contributed by atoms with Crippen molar-refractivity contribution in [2.24, 2.45) is 4.99 Å². The third kappa shape index (κ3) is 4.78. The molecule has 2 aliphatic heterocycles. The van der Waals surface area contributed by atoms with Gasteiger partial charge in [-0.15, -0.1) is 0 Å². The third-order valence-electron chi connectivity index (χ3n) is 6.08. The summed E-state index contributed by atoms with van der Waals surface area (Å²) in [7, 11) is 1.79. The first-order valence-corrected chi connectivity index (χ1v) is 11.2. The van der Waals surface area contributed by atoms with E-state index < -0.39 is 5.60 Å². The monoisotopic (exact) mass is 426 g/mol. The number of ether oxygens (including phenoxy) is 1. The predicted octanol–water partition coefficient (Wildman–Crippen LogP) is 3.24. The Morgan fingerprint density at radius 3 is 2.58 bits per heavy atom. The van der Waals surface area contributed by atoms with Crippen LogP contribution in [-0.2, 0) is 11.3 Å². The number of amides is 1. The molecule has 0 aromatic carbocycles. The highest BCUT2D eigenvalue weighted by molar-refractivity contribution is 5.80. The van der Waals surface area contributed by atoms with E-state index in [0.29, 0.717) is 6.54 Å². The molecular formula is C23H34N6O2. The summed E-state index contributed by atoms with van der Waals surface area (Å²) >= 11 is 0. The maximum atomic E-state index is 12.7. The van der Waals surface area contributed by atoms with E-state index in [9.17, 15) is 4.79 Å². The van der Waals surface area contributed by atoms with Crippen molar-refractivity contribution in [1.82, 2.24) is 24.9 Å². The molecule has 8 heteroatoms. The number of rotatable bonds is 3. The molecule has 0 radical (unpaired) electrons. The zero-order valence-corrected chi connectivity index (χ0v) is 19.2. The van der Waals surface area contributed by atoms with Gasteiger partial charge in [-0.25, -0.2) is 9.78 Å². The van der Waals surface area contributed by atoms with Gasteiger partial charge in [-0.2, -0.15) is 0 Å². The first-order chi connectivity index (χ1) is 14.7. The van der Waals surface area contributed by atoms with Crippen LogP contribution in [0.2, 0.25) is 0 Å². The Hall–Kier alpha value is -2.77. The third-order valence-corrected chi connectivity index (χ3v) is 6.08. The van der Waals surface area contributed by atoms with Crippen LogP contribution in [0.4, 0.5) is 4.79 Å². The number of guanidine groups is 1. The molecule has 31 heavy (non-hydrogen) atoms. The van der Waals surface area contributed by atoms with Crippen LogP contribution in [0.15, 0.2) is 29.4 Å². The summed E-state index contributed by atoms with van der Waals surface area (Å²) in [6.45, 7) is 8.43. The van der Waals surface area contributed by atoms with Gasteiger partial charge in [0.05, 0.1) is 12.2 Å². The summed E-state index contributed by atoms with van der Waals surface area (Å²) in [5, 5.41) is 6.94. The lowest BCUT2D eigenvalue weighted by molar-refractivity contribution is 0.00545. The second kappa shape index (κ2) is 8.40. The van der Waals surface area contributed by atoms with Crippen molar-refractivity contribution in [3.63, 3.8) is 0 Å². The minimum Gasteiger partial charge on any atom is -0.444 e. The van der Waals surface area contributed by atoms with Gasteiger partial charge in [-0.3, -0.25) is 4.99 Å². The minimum absolute atomic E-state index is 0.178. The first kappa shape index (κ1) is 21.5. The molecule has 4 heterocycles. The zero-order chi connectivity index (χ0) is 22.2. The molecule has 0 saturated carbocycles. The predicted molar refractivity (Wildman–Crippen MR) is 121 cm³/mol. The van der Waals surface area contributed by atoms with Crippen LogP contribution in [-0.4, -0.2) is 57.1 Å². The van der Waals surface area contributed by atoms with E-state index in [1.807, 2.05) is 37.8 Å². The number of imidazole rings is 1. The fourth-order valence-electron chi connectivity index (χ4n) is 4.75. The van der Waals surface area contributed by atoms with Crippen LogP contribution in [0.5, 0.6) is 0 Å². The topological polar surface area (TPSA) is 83.3 Å². The van der Waals surface area contributed by atoms with Gasteiger partial charge >= 0.3 is 6.09 Å². The normalized spacial score (nSPS) is 23.8. The van der Waals surface area contributed by atoms with Crippen LogP contribution in [0, 0.1) is 6.92 Å². The fraction of sp³-hybridized carbons (Fsp3) is 0.609. The summed E-state index contributed by atoms with van der Waals surface area (Å²) in [6, 6.07) is 6.84. The minimum atomic E-state index is -0.464. The Balaban J connectivity index is 1.33. The van der Waals surface area contributed by atoms with Crippen LogP contribution >= 0.6 is 0 Å². The highest BCUT2D eigenvalue weighted by Crippen LogP contribution is 2.36. The quantitative estimate of drug-likeness (QED) is 0.582. The summed E-state index contributed by atoms with van der Waals surface area (Å²) in [4.78, 5) is 23.7. The lowest BCUT2D eigenvalue weighted by Crippen LogP contribution is -2.54. The van der Waals surface area contributed by atoms with Crippen molar-refractivity contribution < 1.29 is 9.53 Å². The molecule has 2 unspecified atom stereocenters. The molecule has 2 aromatic heterocycles. The van der Waals surface area contributed by atoms with E-state index in [4.69, 9.17) is 4.74 Å². The molecule has 168 valence electrons. The molecule has 8 nitrogen and oxygen atoms in total. The Kier molecular flexibility index (Phi) is 5.81. The highest BCUT2D eigenvalue weighted by atomic mass is 16.6. The van der Waals surface area contributed by atoms with E-state index in [1.165, 1.54) is 0 Å². The SMILES string of the molecule is CN=C(NCc1cn2c(C)cccc2n1)NC1CC2CCC(C1)N2C(=O)OC(C)(C)C. The number of piperidine rings is 1. The Bertz CT molecular complexity index is 962. The number of pyridine rings is 1. The number of nitrogens with zero attached hydrogens (tertiary/aromatic N) is 4. The van der Waals surface area contributed by atoms with Crippen molar-refractivity contribution in [3.05, 3.63) is 35.8 Å². The van der Waals surface area contributed by atoms with Gasteiger partial charge in [0.15, 0.2) is 5.96 Å². The van der Waals surface area contributed by atoms with E-state index in [0.717, 1.165) is 48.7 Å². The lowest BCUT2D eigenvalue weighted by atomic mass is 9.98. The fourth-order valence-corrected chi connectivity index (χ4v) is 4.75. The molecule has 1 amide bonds. The number of aryl methyl sites for hydroxylation is 1. The standard InChI is InChI=1S/C23H34N6O2/c1-15-7-6-8-20-26-17(14-28(15)20)13-25-21(24-5)27-16-11-18-9-10-19(12-16)29(18)22(30)31-23(2,3)4/h6-8,14,16,18-19H,9-13H2,1-5H3,(H2,24,25,27). The number of hydrogen-bond donors (Lipinski definition) is 2. The van der Waals surface area contributed by atoms with Gasteiger partial charge in [-0.05, 0) is 65.5 Å². The number of aliphatic imine (C=N–C) groups is 1. The summed E-state index contributed by atoms with van der Waals surface area (Å²) in [6.07, 6.45) is 5.77. The van der Waals surface area contributed by atoms with Crippen molar-refractivity contribution in [2.45, 2.75) is 83.6 Å². The molecule has 2 N–H and O–H groups in total. The van der Waals surface area contributed by atoms with Gasteiger partial charge in [0.25, 0.3) is 0 Å². The second-order valence-corrected chi connectivity index (χ2v) is 9.64. The van der Waals surface area contributed by atoms with Gasteiger partial charge in [0.1, 0.15) is 11.2 Å². The van der Waals surface area contributed by atoms with Gasteiger partial charge in [0.2, 0.25) is 0 Å². The number of nitrogens with one attached hydrogen (secondary N) is 2. The number of carbonyl (C=O) groups excluding carboxylic acids is 1. The molecule has 2 bridgehead atoms. The number of carbonyl (C=O) groups is 1. The number of aromatic nitrogens is 2. The van der Waals surface area contributed by atoms with Crippen molar-refractivity contribution in [2.75, 3.05) is 7.05 Å². The summed E-state index contributed by atoms with van der Waals surface area (Å²) in [5.41, 5.74) is 2.61. The van der Waals surface area contributed by atoms with Crippen molar-refractivity contribution >= 4 is 17.7 Å². The van der Waals surface area contributed by atoms with Gasteiger partial charge in [-0.1, -0.05) is 6.07 Å². The second-order valence-electron chi connectivity index (χ2n) is 9.64. The van der Waals surface area contributed by atoms with E-state index in [1.54, 1.807) is 7.05 Å².